The summed E-state index contributed by atoms with van der Waals surface area (Å²) in [6.07, 6.45) is 1.48. The van der Waals surface area contributed by atoms with E-state index in [9.17, 15) is 4.79 Å². The zero-order valence-electron chi connectivity index (χ0n) is 15.4. The first kappa shape index (κ1) is 20.1. The molecule has 0 aliphatic heterocycles. The number of ether oxygens (including phenoxy) is 4. The number of hydrogen-bond acceptors (Lipinski definition) is 7. The number of benzene rings is 2. The lowest BCUT2D eigenvalue weighted by Gasteiger charge is -2.11. The topological polar surface area (TPSA) is 98.6 Å². The van der Waals surface area contributed by atoms with Gasteiger partial charge in [-0.15, -0.1) is 0 Å². The third-order valence-electron chi connectivity index (χ3n) is 3.58. The summed E-state index contributed by atoms with van der Waals surface area (Å²) in [6, 6.07) is 10.2. The second kappa shape index (κ2) is 10.0. The van der Waals surface area contributed by atoms with Crippen molar-refractivity contribution in [2.45, 2.75) is 6.61 Å². The fraction of sp³-hybridized carbons (Fsp3) is 0.263. The number of amides is 1. The zero-order valence-corrected chi connectivity index (χ0v) is 15.4. The molecule has 0 radical (unpaired) electrons. The predicted molar refractivity (Wildman–Crippen MR) is 99.7 cm³/mol. The van der Waals surface area contributed by atoms with Crippen molar-refractivity contribution in [1.29, 1.82) is 0 Å². The number of nitrogens with one attached hydrogen (secondary N) is 1. The molecule has 8 heteroatoms. The van der Waals surface area contributed by atoms with Gasteiger partial charge in [0.2, 0.25) is 0 Å². The molecule has 1 amide bonds. The molecule has 0 bridgehead atoms. The standard InChI is InChI=1S/C19H22N2O6/c1-24-15-6-4-13(8-17(15)25-2)10-20-21-19(23)12-27-16-7-5-14(11-22)9-18(16)26-3/h4-10,22H,11-12H2,1-3H3,(H,21,23). The zero-order chi connectivity index (χ0) is 19.6. The van der Waals surface area contributed by atoms with Crippen LogP contribution in [0.3, 0.4) is 0 Å². The lowest BCUT2D eigenvalue weighted by Crippen LogP contribution is -2.24. The van der Waals surface area contributed by atoms with Gasteiger partial charge in [0.1, 0.15) is 0 Å². The van der Waals surface area contributed by atoms with E-state index in [1.165, 1.54) is 13.3 Å². The number of hydrazone groups is 1. The van der Waals surface area contributed by atoms with Crippen LogP contribution in [0.4, 0.5) is 0 Å². The molecular formula is C19H22N2O6. The fourth-order valence-electron chi connectivity index (χ4n) is 2.22. The molecule has 2 aromatic rings. The second-order valence-electron chi connectivity index (χ2n) is 5.34. The van der Waals surface area contributed by atoms with E-state index >= 15 is 0 Å². The van der Waals surface area contributed by atoms with E-state index in [-0.39, 0.29) is 13.2 Å². The van der Waals surface area contributed by atoms with Gasteiger partial charge in [-0.1, -0.05) is 6.07 Å². The van der Waals surface area contributed by atoms with Gasteiger partial charge in [-0.3, -0.25) is 4.79 Å². The molecule has 0 saturated carbocycles. The van der Waals surface area contributed by atoms with E-state index in [2.05, 4.69) is 10.5 Å². The monoisotopic (exact) mass is 374 g/mol. The fourth-order valence-corrected chi connectivity index (χ4v) is 2.22. The molecular weight excluding hydrogens is 352 g/mol. The minimum atomic E-state index is -0.431. The van der Waals surface area contributed by atoms with Gasteiger partial charge in [-0.2, -0.15) is 5.10 Å². The molecule has 0 aromatic heterocycles. The molecule has 0 heterocycles. The van der Waals surface area contributed by atoms with Crippen LogP contribution in [-0.4, -0.2) is 45.2 Å². The Morgan fingerprint density at radius 3 is 2.33 bits per heavy atom. The lowest BCUT2D eigenvalue weighted by atomic mass is 10.2. The lowest BCUT2D eigenvalue weighted by molar-refractivity contribution is -0.123. The van der Waals surface area contributed by atoms with E-state index < -0.39 is 5.91 Å². The van der Waals surface area contributed by atoms with Gasteiger partial charge in [-0.25, -0.2) is 5.43 Å². The number of carbonyl (C=O) groups is 1. The van der Waals surface area contributed by atoms with Crippen LogP contribution in [0.25, 0.3) is 0 Å². The molecule has 0 aliphatic rings. The number of aliphatic hydroxyl groups excluding tert-OH is 1. The van der Waals surface area contributed by atoms with E-state index in [0.29, 0.717) is 28.6 Å². The molecule has 2 N–H and O–H groups in total. The number of aliphatic hydroxyl groups is 1. The Balaban J connectivity index is 1.90. The van der Waals surface area contributed by atoms with Crippen molar-refractivity contribution in [2.75, 3.05) is 27.9 Å². The van der Waals surface area contributed by atoms with Crippen LogP contribution in [0.5, 0.6) is 23.0 Å². The third kappa shape index (κ3) is 5.61. The van der Waals surface area contributed by atoms with Crippen LogP contribution in [0.2, 0.25) is 0 Å². The normalized spacial score (nSPS) is 10.5. The van der Waals surface area contributed by atoms with Gasteiger partial charge in [0.25, 0.3) is 5.91 Å². The maximum atomic E-state index is 11.9. The van der Waals surface area contributed by atoms with Crippen molar-refractivity contribution in [3.05, 3.63) is 47.5 Å². The van der Waals surface area contributed by atoms with E-state index in [0.717, 1.165) is 5.56 Å². The summed E-state index contributed by atoms with van der Waals surface area (Å²) in [5, 5.41) is 13.0. The molecule has 144 valence electrons. The average molecular weight is 374 g/mol. The Morgan fingerprint density at radius 1 is 1.00 bits per heavy atom. The summed E-state index contributed by atoms with van der Waals surface area (Å²) in [4.78, 5) is 11.9. The Kier molecular flexibility index (Phi) is 7.45. The van der Waals surface area contributed by atoms with Crippen molar-refractivity contribution in [2.24, 2.45) is 5.10 Å². The van der Waals surface area contributed by atoms with Crippen LogP contribution in [-0.2, 0) is 11.4 Å². The maximum absolute atomic E-state index is 11.9. The largest absolute Gasteiger partial charge is 0.493 e. The molecule has 27 heavy (non-hydrogen) atoms. The summed E-state index contributed by atoms with van der Waals surface area (Å²) < 4.78 is 21.0. The molecule has 0 atom stereocenters. The van der Waals surface area contributed by atoms with Crippen LogP contribution in [0.1, 0.15) is 11.1 Å². The second-order valence-corrected chi connectivity index (χ2v) is 5.34. The number of methoxy groups -OCH3 is 3. The van der Waals surface area contributed by atoms with Crippen molar-refractivity contribution in [3.8, 4) is 23.0 Å². The van der Waals surface area contributed by atoms with E-state index in [1.54, 1.807) is 50.6 Å². The van der Waals surface area contributed by atoms with Crippen molar-refractivity contribution >= 4 is 12.1 Å². The quantitative estimate of drug-likeness (QED) is 0.512. The van der Waals surface area contributed by atoms with Gasteiger partial charge in [0, 0.05) is 0 Å². The summed E-state index contributed by atoms with van der Waals surface area (Å²) in [7, 11) is 4.58. The number of carbonyl (C=O) groups excluding carboxylic acids is 1. The summed E-state index contributed by atoms with van der Waals surface area (Å²) in [6.45, 7) is -0.347. The summed E-state index contributed by atoms with van der Waals surface area (Å²) in [5.74, 6) is 1.57. The molecule has 2 aromatic carbocycles. The first-order chi connectivity index (χ1) is 13.1. The minimum absolute atomic E-state index is 0.109. The highest BCUT2D eigenvalue weighted by Gasteiger charge is 2.08. The van der Waals surface area contributed by atoms with Gasteiger partial charge in [0.15, 0.2) is 29.6 Å². The van der Waals surface area contributed by atoms with Gasteiger partial charge in [-0.05, 0) is 41.5 Å². The van der Waals surface area contributed by atoms with Crippen molar-refractivity contribution in [1.82, 2.24) is 5.43 Å². The van der Waals surface area contributed by atoms with Crippen LogP contribution in [0.15, 0.2) is 41.5 Å². The van der Waals surface area contributed by atoms with E-state index in [4.69, 9.17) is 24.1 Å². The molecule has 0 aliphatic carbocycles. The maximum Gasteiger partial charge on any atom is 0.277 e. The molecule has 2 rings (SSSR count). The Hall–Kier alpha value is -3.26. The predicted octanol–water partition coefficient (Wildman–Crippen LogP) is 1.73. The summed E-state index contributed by atoms with van der Waals surface area (Å²) in [5.41, 5.74) is 3.80. The molecule has 0 spiro atoms. The Bertz CT molecular complexity index is 807. The highest BCUT2D eigenvalue weighted by Crippen LogP contribution is 2.28. The Morgan fingerprint density at radius 2 is 1.67 bits per heavy atom. The smallest absolute Gasteiger partial charge is 0.277 e. The van der Waals surface area contributed by atoms with Crippen molar-refractivity contribution < 1.29 is 28.8 Å². The van der Waals surface area contributed by atoms with Crippen LogP contribution < -0.4 is 24.4 Å². The number of hydrogen-bond donors (Lipinski definition) is 2. The number of rotatable bonds is 9. The average Bonchev–Trinajstić information content (AvgIpc) is 2.71. The third-order valence-corrected chi connectivity index (χ3v) is 3.58. The van der Waals surface area contributed by atoms with E-state index in [1.807, 2.05) is 0 Å². The highest BCUT2D eigenvalue weighted by atomic mass is 16.5. The number of nitrogens with zero attached hydrogens (tertiary/aromatic N) is 1. The first-order valence-electron chi connectivity index (χ1n) is 8.05. The Labute approximate surface area is 157 Å². The minimum Gasteiger partial charge on any atom is -0.493 e. The first-order valence-corrected chi connectivity index (χ1v) is 8.05. The molecule has 0 fully saturated rings. The van der Waals surface area contributed by atoms with Gasteiger partial charge in [0.05, 0.1) is 34.2 Å². The molecule has 0 saturated heterocycles. The van der Waals surface area contributed by atoms with Crippen molar-refractivity contribution in [3.63, 3.8) is 0 Å². The SMILES string of the molecule is COc1ccc(C=NNC(=O)COc2ccc(CO)cc2OC)cc1OC. The molecule has 8 nitrogen and oxygen atoms in total. The van der Waals surface area contributed by atoms with Crippen LogP contribution >= 0.6 is 0 Å². The summed E-state index contributed by atoms with van der Waals surface area (Å²) >= 11 is 0. The molecule has 0 unspecified atom stereocenters. The van der Waals surface area contributed by atoms with Gasteiger partial charge >= 0.3 is 0 Å². The van der Waals surface area contributed by atoms with Gasteiger partial charge < -0.3 is 24.1 Å². The van der Waals surface area contributed by atoms with Crippen LogP contribution in [0, 0.1) is 0 Å². The highest BCUT2D eigenvalue weighted by molar-refractivity contribution is 5.83.